The van der Waals surface area contributed by atoms with E-state index in [1.165, 1.54) is 60.7 Å². The van der Waals surface area contributed by atoms with Crippen LogP contribution in [0.5, 0.6) is 46.0 Å². The Kier molecular flexibility index (Phi) is 19.3. The Balaban J connectivity index is 1.12. The fourth-order valence-electron chi connectivity index (χ4n) is 8.78. The lowest BCUT2D eigenvalue weighted by Crippen LogP contribution is -2.64. The van der Waals surface area contributed by atoms with Crippen LogP contribution in [0.2, 0.25) is 0 Å². The van der Waals surface area contributed by atoms with Crippen molar-refractivity contribution < 1.29 is 143 Å². The number of aliphatic hydroxyl groups excluding tert-OH is 8. The van der Waals surface area contributed by atoms with Crippen LogP contribution in [0.3, 0.4) is 0 Å². The van der Waals surface area contributed by atoms with Gasteiger partial charge >= 0.3 is 23.9 Å². The molecule has 4 aromatic rings. The maximum Gasteiger partial charge on any atom is 0.330 e. The van der Waals surface area contributed by atoms with E-state index in [4.69, 9.17) is 47.7 Å². The number of esters is 3. The van der Waals surface area contributed by atoms with Crippen molar-refractivity contribution in [1.29, 1.82) is 0 Å². The molecule has 0 amide bonds. The van der Waals surface area contributed by atoms with E-state index in [2.05, 4.69) is 4.74 Å². The van der Waals surface area contributed by atoms with Crippen molar-refractivity contribution in [3.8, 4) is 46.0 Å². The highest BCUT2D eigenvalue weighted by Gasteiger charge is 2.53. The fourth-order valence-corrected chi connectivity index (χ4v) is 8.78. The average Bonchev–Trinajstić information content (AvgIpc) is 2.88. The van der Waals surface area contributed by atoms with Gasteiger partial charge in [0.2, 0.25) is 12.6 Å². The number of aliphatic hydroxyl groups is 9. The number of phenols is 6. The van der Waals surface area contributed by atoms with Gasteiger partial charge in [-0.1, -0.05) is 24.3 Å². The second-order valence-electron chi connectivity index (χ2n) is 19.1. The molecule has 29 nitrogen and oxygen atoms in total. The zero-order valence-corrected chi connectivity index (χ0v) is 42.8. The molecule has 446 valence electrons. The minimum Gasteiger partial charge on any atom is -0.571 e. The SMILES string of the molecule is O=C(O)CC(=O)OCC1OC(Oc2cc(O)cc3c2C=C(OC2OC(COC(=O)C=Cc4ccc(O)cc4)C(O)C(O)C2OC2OC(COC(=O)C=Cc4ccc(O)cc4)C(O)C(O)C2O)C(c2cc(O)c(O)c(O)c2)[OH+]3)C(O)C(O)C1O. The molecule has 4 heterocycles. The van der Waals surface area contributed by atoms with Gasteiger partial charge in [-0.15, -0.1) is 0 Å². The van der Waals surface area contributed by atoms with Crippen molar-refractivity contribution >= 4 is 42.1 Å². The van der Waals surface area contributed by atoms with Crippen LogP contribution in [0, 0.1) is 0 Å². The summed E-state index contributed by atoms with van der Waals surface area (Å²) in [6.07, 6.45) is -26.9. The number of carbonyl (C=O) groups excluding carboxylic acids is 3. The first-order valence-electron chi connectivity index (χ1n) is 25.0. The van der Waals surface area contributed by atoms with E-state index in [0.717, 1.165) is 42.5 Å². The molecular formula is C54H57O29+. The van der Waals surface area contributed by atoms with Gasteiger partial charge in [0.15, 0.2) is 35.4 Å². The standard InChI is InChI=1S/C54H56O29/c55-25-7-1-22(2-8-25)5-11-38(62)74-19-34-42(66)46(70)49(73)53(81-34)83-51-47(71)44(68)36(20-75-39(63)12-6-23-3-9-26(56)10-4-23)82-54(51)79-33-17-28-31(77-50(33)24-13-29(58)41(65)30(59)14-24)15-27(57)16-32(28)78-52-48(72)45(69)43(67)35(80-52)21-76-40(64)18-37(60)61/h1-17,34-36,42-59,65-73H,18-21H2,(H,60,61)/p+1. The number of hydrogen-bond acceptors (Lipinski definition) is 27. The summed E-state index contributed by atoms with van der Waals surface area (Å²) < 4.78 is 56.0. The zero-order valence-electron chi connectivity index (χ0n) is 42.8. The van der Waals surface area contributed by atoms with Crippen LogP contribution in [0.15, 0.2) is 90.7 Å². The molecule has 3 saturated heterocycles. The smallest absolute Gasteiger partial charge is 0.330 e. The van der Waals surface area contributed by atoms with Gasteiger partial charge in [0.1, 0.15) is 122 Å². The van der Waals surface area contributed by atoms with Gasteiger partial charge in [0.25, 0.3) is 11.9 Å². The molecule has 0 radical (unpaired) electrons. The summed E-state index contributed by atoms with van der Waals surface area (Å²) in [7, 11) is 0. The highest BCUT2D eigenvalue weighted by Crippen LogP contribution is 2.49. The molecule has 0 aromatic heterocycles. The Hall–Kier alpha value is -8.30. The van der Waals surface area contributed by atoms with E-state index in [0.29, 0.717) is 11.1 Å². The summed E-state index contributed by atoms with van der Waals surface area (Å²) in [6.45, 7) is -2.47. The van der Waals surface area contributed by atoms with Crippen molar-refractivity contribution in [3.05, 3.63) is 113 Å². The maximum atomic E-state index is 13.0. The first-order valence-corrected chi connectivity index (χ1v) is 25.0. The molecule has 0 saturated carbocycles. The highest BCUT2D eigenvalue weighted by atomic mass is 16.8. The van der Waals surface area contributed by atoms with Gasteiger partial charge < -0.3 is 124 Å². The minimum atomic E-state index is -2.21. The molecule has 8 rings (SSSR count). The number of carbonyl (C=O) groups is 4. The number of benzene rings is 4. The quantitative estimate of drug-likeness (QED) is 0.0129. The Bertz CT molecular complexity index is 3030. The number of carboxylic acids is 1. The van der Waals surface area contributed by atoms with Gasteiger partial charge in [-0.3, -0.25) is 9.59 Å². The number of aromatic hydroxyl groups is 7. The Morgan fingerprint density at radius 3 is 1.54 bits per heavy atom. The molecule has 16 N–H and O–H groups in total. The third kappa shape index (κ3) is 14.7. The summed E-state index contributed by atoms with van der Waals surface area (Å²) in [4.78, 5) is 48.8. The van der Waals surface area contributed by atoms with Crippen LogP contribution < -0.4 is 4.74 Å². The summed E-state index contributed by atoms with van der Waals surface area (Å²) in [6, 6.07) is 15.3. The van der Waals surface area contributed by atoms with Crippen molar-refractivity contribution in [2.24, 2.45) is 0 Å². The molecule has 0 bridgehead atoms. The number of ether oxygens (including phenoxy) is 10. The minimum absolute atomic E-state index is 0.0329. The molecule has 16 atom stereocenters. The molecule has 4 aliphatic heterocycles. The van der Waals surface area contributed by atoms with E-state index in [9.17, 15) is 90.7 Å². The van der Waals surface area contributed by atoms with Crippen LogP contribution in [0.4, 0.5) is 0 Å². The summed E-state index contributed by atoms with van der Waals surface area (Å²) in [5.74, 6) is -9.26. The van der Waals surface area contributed by atoms with Gasteiger partial charge in [0, 0.05) is 24.3 Å². The van der Waals surface area contributed by atoms with E-state index >= 15 is 0 Å². The first kappa shape index (κ1) is 60.8. The molecule has 16 unspecified atom stereocenters. The number of rotatable bonds is 19. The molecule has 29 heteroatoms. The van der Waals surface area contributed by atoms with Crippen LogP contribution in [-0.2, 0) is 57.1 Å². The molecule has 4 aromatic carbocycles. The van der Waals surface area contributed by atoms with Crippen molar-refractivity contribution in [2.45, 2.75) is 105 Å². The summed E-state index contributed by atoms with van der Waals surface area (Å²) >= 11 is 0. The van der Waals surface area contributed by atoms with E-state index in [1.54, 1.807) is 0 Å². The maximum absolute atomic E-state index is 13.0. The largest absolute Gasteiger partial charge is 0.571 e. The third-order valence-electron chi connectivity index (χ3n) is 13.2. The average molecular weight is 1170 g/mol. The van der Waals surface area contributed by atoms with Crippen molar-refractivity contribution in [3.63, 3.8) is 0 Å². The molecule has 0 spiro atoms. The second kappa shape index (κ2) is 26.3. The number of hydrogen-bond donors (Lipinski definition) is 15. The first-order chi connectivity index (χ1) is 39.4. The summed E-state index contributed by atoms with van der Waals surface area (Å²) in [5.41, 5.74) is 0.593. The normalized spacial score (nSPS) is 29.7. The van der Waals surface area contributed by atoms with Crippen molar-refractivity contribution in [1.82, 2.24) is 0 Å². The van der Waals surface area contributed by atoms with E-state index in [-0.39, 0.29) is 28.4 Å². The van der Waals surface area contributed by atoms with E-state index in [1.807, 2.05) is 0 Å². The van der Waals surface area contributed by atoms with Crippen LogP contribution >= 0.6 is 0 Å². The third-order valence-corrected chi connectivity index (χ3v) is 13.2. The van der Waals surface area contributed by atoms with Gasteiger partial charge in [-0.05, 0) is 59.7 Å². The Morgan fingerprint density at radius 2 is 1.01 bits per heavy atom. The predicted octanol–water partition coefficient (Wildman–Crippen LogP) is -1.37. The fraction of sp³-hybridized carbons (Fsp3) is 0.370. The number of aliphatic carboxylic acids is 1. The Morgan fingerprint density at radius 1 is 0.530 bits per heavy atom. The molecule has 3 fully saturated rings. The van der Waals surface area contributed by atoms with Crippen LogP contribution in [0.1, 0.15) is 34.8 Å². The van der Waals surface area contributed by atoms with Gasteiger partial charge in [-0.25, -0.2) is 9.59 Å². The van der Waals surface area contributed by atoms with Gasteiger partial charge in [0.05, 0.1) is 11.6 Å². The molecular weight excluding hydrogens is 1110 g/mol. The van der Waals surface area contributed by atoms with E-state index < -0.39 is 183 Å². The second-order valence-corrected chi connectivity index (χ2v) is 19.1. The monoisotopic (exact) mass is 1170 g/mol. The number of carboxylic acid groups (broad SMARTS) is 1. The lowest BCUT2D eigenvalue weighted by molar-refractivity contribution is -0.364. The predicted molar refractivity (Wildman–Crippen MR) is 272 cm³/mol. The summed E-state index contributed by atoms with van der Waals surface area (Å²) in [5, 5.41) is 160. The molecule has 4 aliphatic rings. The van der Waals surface area contributed by atoms with Gasteiger partial charge in [-0.2, -0.15) is 0 Å². The molecule has 0 aliphatic carbocycles. The molecule has 83 heavy (non-hydrogen) atoms. The van der Waals surface area contributed by atoms with Crippen LogP contribution in [-0.4, -0.2) is 217 Å². The number of fused-ring (bicyclic) bond motifs is 1. The van der Waals surface area contributed by atoms with Crippen molar-refractivity contribution in [2.75, 3.05) is 19.8 Å². The van der Waals surface area contributed by atoms with Crippen LogP contribution in [0.25, 0.3) is 18.2 Å². The number of phenolic OH excluding ortho intramolecular Hbond substituents is 6. The topological polar surface area (TPSA) is 468 Å². The Labute approximate surface area is 467 Å². The lowest BCUT2D eigenvalue weighted by Gasteiger charge is -2.46. The highest BCUT2D eigenvalue weighted by molar-refractivity contribution is 5.90. The lowest BCUT2D eigenvalue weighted by atomic mass is 9.97. The zero-order chi connectivity index (χ0) is 60.0.